The van der Waals surface area contributed by atoms with Gasteiger partial charge in [0.05, 0.1) is 0 Å². The topological polar surface area (TPSA) is 47.7 Å². The van der Waals surface area contributed by atoms with Crippen molar-refractivity contribution < 1.29 is 13.9 Å². The fourth-order valence-electron chi connectivity index (χ4n) is 4.12. The molecule has 1 aromatic heterocycles. The van der Waals surface area contributed by atoms with Gasteiger partial charge in [-0.25, -0.2) is 0 Å². The number of aromatic nitrogens is 1. The van der Waals surface area contributed by atoms with Gasteiger partial charge in [0.2, 0.25) is 0 Å². The van der Waals surface area contributed by atoms with Crippen LogP contribution in [0, 0.1) is 0 Å². The maximum atomic E-state index is 6.01. The highest BCUT2D eigenvalue weighted by Gasteiger charge is 2.20. The third-order valence-corrected chi connectivity index (χ3v) is 6.16. The third-order valence-electron chi connectivity index (χ3n) is 5.91. The lowest BCUT2D eigenvalue weighted by atomic mass is 9.89. The van der Waals surface area contributed by atoms with E-state index in [4.69, 9.17) is 25.5 Å². The summed E-state index contributed by atoms with van der Waals surface area (Å²) in [6.07, 6.45) is 2.58. The van der Waals surface area contributed by atoms with Gasteiger partial charge in [0, 0.05) is 11.6 Å². The van der Waals surface area contributed by atoms with Crippen molar-refractivity contribution >= 4 is 22.7 Å². The number of piperidine rings is 1. The number of rotatable bonds is 7. The zero-order valence-corrected chi connectivity index (χ0v) is 18.5. The largest absolute Gasteiger partial charge is 0.492 e. The van der Waals surface area contributed by atoms with Gasteiger partial charge in [0.25, 0.3) is 0 Å². The lowest BCUT2D eigenvalue weighted by Crippen LogP contribution is -2.35. The summed E-state index contributed by atoms with van der Waals surface area (Å²) in [5.74, 6) is 2.11. The summed E-state index contributed by atoms with van der Waals surface area (Å²) < 4.78 is 17.3. The Morgan fingerprint density at radius 2 is 1.62 bits per heavy atom. The van der Waals surface area contributed by atoms with E-state index in [0.29, 0.717) is 23.9 Å². The maximum absolute atomic E-state index is 6.01. The summed E-state index contributed by atoms with van der Waals surface area (Å²) in [4.78, 5) is 6.80. The van der Waals surface area contributed by atoms with Gasteiger partial charge in [-0.15, -0.1) is 0 Å². The quantitative estimate of drug-likeness (QED) is 0.321. The number of halogens is 1. The molecule has 1 fully saturated rings. The van der Waals surface area contributed by atoms with Gasteiger partial charge in [-0.05, 0) is 85.9 Å². The summed E-state index contributed by atoms with van der Waals surface area (Å²) in [5, 5.41) is 0.800. The Balaban J connectivity index is 1.06. The van der Waals surface area contributed by atoms with E-state index in [1.54, 1.807) is 0 Å². The Bertz CT molecular complexity index is 1120. The van der Waals surface area contributed by atoms with Crippen LogP contribution >= 0.6 is 11.6 Å². The molecule has 5 rings (SSSR count). The van der Waals surface area contributed by atoms with Crippen LogP contribution in [0.4, 0.5) is 0 Å². The predicted molar refractivity (Wildman–Crippen MR) is 126 cm³/mol. The van der Waals surface area contributed by atoms with Gasteiger partial charge in [-0.2, -0.15) is 4.98 Å². The molecular weight excluding hydrogens is 424 g/mol. The van der Waals surface area contributed by atoms with Crippen LogP contribution in [0.15, 0.2) is 77.2 Å². The standard InChI is InChI=1S/C26H25ClN2O3/c27-21-7-5-19(6-8-21)20-13-15-29(16-14-20)17-18-30-22-9-11-23(12-10-22)31-26-28-24-3-1-2-4-25(24)32-26/h1-12,20H,13-18H2. The Morgan fingerprint density at radius 1 is 0.906 bits per heavy atom. The highest BCUT2D eigenvalue weighted by molar-refractivity contribution is 6.30. The molecule has 0 saturated carbocycles. The van der Waals surface area contributed by atoms with Crippen molar-refractivity contribution in [3.8, 4) is 17.6 Å². The Kier molecular flexibility index (Phi) is 6.28. The van der Waals surface area contributed by atoms with Crippen molar-refractivity contribution in [3.05, 3.63) is 83.4 Å². The summed E-state index contributed by atoms with van der Waals surface area (Å²) in [5.41, 5.74) is 2.88. The van der Waals surface area contributed by atoms with E-state index in [1.165, 1.54) is 18.4 Å². The van der Waals surface area contributed by atoms with Crippen LogP contribution in [-0.4, -0.2) is 36.1 Å². The van der Waals surface area contributed by atoms with Crippen molar-refractivity contribution in [1.29, 1.82) is 0 Å². The number of hydrogen-bond acceptors (Lipinski definition) is 5. The van der Waals surface area contributed by atoms with E-state index in [-0.39, 0.29) is 6.08 Å². The Labute approximate surface area is 192 Å². The van der Waals surface area contributed by atoms with E-state index in [1.807, 2.05) is 60.7 Å². The molecule has 0 radical (unpaired) electrons. The molecule has 2 heterocycles. The summed E-state index contributed by atoms with van der Waals surface area (Å²) in [6.45, 7) is 3.77. The minimum atomic E-state index is 0.238. The van der Waals surface area contributed by atoms with Gasteiger partial charge in [-0.1, -0.05) is 35.9 Å². The Hall–Kier alpha value is -3.02. The number of hydrogen-bond donors (Lipinski definition) is 0. The molecule has 164 valence electrons. The summed E-state index contributed by atoms with van der Waals surface area (Å²) in [7, 11) is 0. The minimum Gasteiger partial charge on any atom is -0.492 e. The second-order valence-corrected chi connectivity index (χ2v) is 8.47. The van der Waals surface area contributed by atoms with Gasteiger partial charge in [0.15, 0.2) is 5.58 Å². The number of nitrogens with zero attached hydrogens (tertiary/aromatic N) is 2. The first-order chi connectivity index (χ1) is 15.7. The monoisotopic (exact) mass is 448 g/mol. The van der Waals surface area contributed by atoms with Crippen molar-refractivity contribution in [2.24, 2.45) is 0 Å². The van der Waals surface area contributed by atoms with E-state index in [9.17, 15) is 0 Å². The van der Waals surface area contributed by atoms with Crippen LogP contribution in [0.5, 0.6) is 17.6 Å². The molecule has 5 nitrogen and oxygen atoms in total. The molecule has 0 N–H and O–H groups in total. The van der Waals surface area contributed by atoms with E-state index in [0.717, 1.165) is 35.9 Å². The van der Waals surface area contributed by atoms with Crippen molar-refractivity contribution in [3.63, 3.8) is 0 Å². The maximum Gasteiger partial charge on any atom is 0.400 e. The van der Waals surface area contributed by atoms with Crippen molar-refractivity contribution in [2.75, 3.05) is 26.2 Å². The summed E-state index contributed by atoms with van der Waals surface area (Å²) >= 11 is 6.01. The van der Waals surface area contributed by atoms with Gasteiger partial charge in [0.1, 0.15) is 23.6 Å². The number of para-hydroxylation sites is 2. The Morgan fingerprint density at radius 3 is 2.38 bits per heavy atom. The molecule has 3 aromatic carbocycles. The molecular formula is C26H25ClN2O3. The first kappa shape index (κ1) is 20.9. The number of fused-ring (bicyclic) bond motifs is 1. The molecule has 4 aromatic rings. The number of ether oxygens (including phenoxy) is 2. The number of benzene rings is 3. The second kappa shape index (κ2) is 9.63. The normalized spacial score (nSPS) is 15.2. The van der Waals surface area contributed by atoms with Crippen LogP contribution in [0.25, 0.3) is 11.1 Å². The first-order valence-electron chi connectivity index (χ1n) is 11.0. The lowest BCUT2D eigenvalue weighted by Gasteiger charge is -2.32. The van der Waals surface area contributed by atoms with Crippen LogP contribution in [-0.2, 0) is 0 Å². The molecule has 0 bridgehead atoms. The van der Waals surface area contributed by atoms with Crippen LogP contribution in [0.3, 0.4) is 0 Å². The summed E-state index contributed by atoms with van der Waals surface area (Å²) in [6, 6.07) is 23.4. The lowest BCUT2D eigenvalue weighted by molar-refractivity contribution is 0.173. The molecule has 1 aliphatic heterocycles. The van der Waals surface area contributed by atoms with Crippen molar-refractivity contribution in [1.82, 2.24) is 9.88 Å². The van der Waals surface area contributed by atoms with Gasteiger partial charge in [-0.3, -0.25) is 4.90 Å². The van der Waals surface area contributed by atoms with Crippen LogP contribution in [0.2, 0.25) is 5.02 Å². The third kappa shape index (κ3) is 5.06. The predicted octanol–water partition coefficient (Wildman–Crippen LogP) is 6.53. The number of oxazole rings is 1. The molecule has 0 spiro atoms. The van der Waals surface area contributed by atoms with E-state index < -0.39 is 0 Å². The minimum absolute atomic E-state index is 0.238. The molecule has 0 unspecified atom stereocenters. The highest BCUT2D eigenvalue weighted by Crippen LogP contribution is 2.29. The average molecular weight is 449 g/mol. The van der Waals surface area contributed by atoms with E-state index >= 15 is 0 Å². The molecule has 6 heteroatoms. The molecule has 1 saturated heterocycles. The fourth-order valence-corrected chi connectivity index (χ4v) is 4.24. The molecule has 1 aliphatic rings. The smallest absolute Gasteiger partial charge is 0.400 e. The van der Waals surface area contributed by atoms with Crippen LogP contribution < -0.4 is 9.47 Å². The molecule has 0 aliphatic carbocycles. The van der Waals surface area contributed by atoms with Crippen LogP contribution in [0.1, 0.15) is 24.3 Å². The zero-order valence-electron chi connectivity index (χ0n) is 17.7. The first-order valence-corrected chi connectivity index (χ1v) is 11.3. The van der Waals surface area contributed by atoms with E-state index in [2.05, 4.69) is 22.0 Å². The van der Waals surface area contributed by atoms with Gasteiger partial charge >= 0.3 is 6.08 Å². The molecule has 32 heavy (non-hydrogen) atoms. The van der Waals surface area contributed by atoms with Crippen molar-refractivity contribution in [2.45, 2.75) is 18.8 Å². The molecule has 0 amide bonds. The highest BCUT2D eigenvalue weighted by atomic mass is 35.5. The fraction of sp³-hybridized carbons (Fsp3) is 0.269. The number of likely N-dealkylation sites (tertiary alicyclic amines) is 1. The molecule has 0 atom stereocenters. The SMILES string of the molecule is Clc1ccc(C2CCN(CCOc3ccc(Oc4nc5ccccc5o4)cc3)CC2)cc1. The second-order valence-electron chi connectivity index (χ2n) is 8.04. The van der Waals surface area contributed by atoms with Gasteiger partial charge < -0.3 is 13.9 Å². The zero-order chi connectivity index (χ0) is 21.8. The average Bonchev–Trinajstić information content (AvgIpc) is 3.24.